The van der Waals surface area contributed by atoms with Gasteiger partial charge in [-0.2, -0.15) is 0 Å². The van der Waals surface area contributed by atoms with Crippen molar-refractivity contribution in [3.8, 4) is 0 Å². The van der Waals surface area contributed by atoms with E-state index in [9.17, 15) is 4.79 Å². The molecule has 186 valence electrons. The first kappa shape index (κ1) is 30.5. The largest absolute Gasteiger partial charge is 0.356 e. The van der Waals surface area contributed by atoms with Crippen LogP contribution in [0.3, 0.4) is 0 Å². The van der Waals surface area contributed by atoms with E-state index >= 15 is 0 Å². The molecule has 0 spiro atoms. The highest BCUT2D eigenvalue weighted by Crippen LogP contribution is 2.14. The topological polar surface area (TPSA) is 29.1 Å². The minimum atomic E-state index is 0.270. The molecular weight excluding hydrogens is 378 g/mol. The Morgan fingerprint density at radius 2 is 0.710 bits per heavy atom. The monoisotopic (exact) mass is 437 g/mol. The summed E-state index contributed by atoms with van der Waals surface area (Å²) in [5.41, 5.74) is 0. The lowest BCUT2D eigenvalue weighted by atomic mass is 10.0. The van der Waals surface area contributed by atoms with Crippen LogP contribution in [0, 0.1) is 0 Å². The van der Waals surface area contributed by atoms with Crippen LogP contribution >= 0.6 is 0 Å². The van der Waals surface area contributed by atoms with Crippen LogP contribution in [0.4, 0.5) is 0 Å². The second-order valence-electron chi connectivity index (χ2n) is 9.88. The first-order chi connectivity index (χ1) is 15.3. The summed E-state index contributed by atoms with van der Waals surface area (Å²) in [6.45, 7) is 5.43. The zero-order valence-electron chi connectivity index (χ0n) is 21.8. The van der Waals surface area contributed by atoms with Gasteiger partial charge in [0.15, 0.2) is 0 Å². The Morgan fingerprint density at radius 3 is 1.06 bits per heavy atom. The Bertz CT molecular complexity index is 342. The fraction of sp³-hybridized carbons (Fsp3) is 0.966. The van der Waals surface area contributed by atoms with Crippen LogP contribution in [0.25, 0.3) is 0 Å². The van der Waals surface area contributed by atoms with Crippen LogP contribution in [0.5, 0.6) is 0 Å². The summed E-state index contributed by atoms with van der Waals surface area (Å²) in [5.74, 6) is 0.270. The Kier molecular flexibility index (Phi) is 27.0. The number of carbonyl (C=O) groups is 1. The maximum atomic E-state index is 11.9. The molecule has 2 nitrogen and oxygen atoms in total. The van der Waals surface area contributed by atoms with Gasteiger partial charge in [0.1, 0.15) is 0 Å². The summed E-state index contributed by atoms with van der Waals surface area (Å²) in [4.78, 5) is 11.9. The molecule has 0 bridgehead atoms. The smallest absolute Gasteiger partial charge is 0.219 e. The average molecular weight is 438 g/mol. The van der Waals surface area contributed by atoms with Gasteiger partial charge in [0.05, 0.1) is 0 Å². The second-order valence-corrected chi connectivity index (χ2v) is 9.88. The molecule has 1 N–H and O–H groups in total. The zero-order chi connectivity index (χ0) is 22.7. The fourth-order valence-electron chi connectivity index (χ4n) is 4.41. The third-order valence-electron chi connectivity index (χ3n) is 6.61. The molecule has 0 fully saturated rings. The number of nitrogens with one attached hydrogen (secondary N) is 1. The first-order valence-electron chi connectivity index (χ1n) is 14.6. The van der Waals surface area contributed by atoms with Gasteiger partial charge in [0.25, 0.3) is 0 Å². The lowest BCUT2D eigenvalue weighted by molar-refractivity contribution is -0.121. The van der Waals surface area contributed by atoms with Gasteiger partial charge in [0, 0.05) is 13.0 Å². The summed E-state index contributed by atoms with van der Waals surface area (Å²) in [6.07, 6.45) is 33.5. The third-order valence-corrected chi connectivity index (χ3v) is 6.61. The number of hydrogen-bond donors (Lipinski definition) is 1. The van der Waals surface area contributed by atoms with Gasteiger partial charge in [-0.1, -0.05) is 155 Å². The quantitative estimate of drug-likeness (QED) is 0.134. The van der Waals surface area contributed by atoms with E-state index < -0.39 is 0 Å². The Hall–Kier alpha value is -0.530. The molecule has 0 aromatic carbocycles. The predicted octanol–water partition coefficient (Wildman–Crippen LogP) is 9.89. The van der Waals surface area contributed by atoms with Gasteiger partial charge in [-0.05, 0) is 12.8 Å². The second kappa shape index (κ2) is 27.5. The van der Waals surface area contributed by atoms with Gasteiger partial charge in [-0.25, -0.2) is 0 Å². The van der Waals surface area contributed by atoms with Crippen molar-refractivity contribution in [2.24, 2.45) is 0 Å². The van der Waals surface area contributed by atoms with Crippen LogP contribution in [-0.4, -0.2) is 12.5 Å². The molecule has 0 saturated heterocycles. The van der Waals surface area contributed by atoms with E-state index in [0.29, 0.717) is 0 Å². The van der Waals surface area contributed by atoms with E-state index in [1.165, 1.54) is 141 Å². The molecular formula is C29H59NO. The molecule has 0 unspecified atom stereocenters. The Labute approximate surface area is 197 Å². The Morgan fingerprint density at radius 1 is 0.419 bits per heavy atom. The van der Waals surface area contributed by atoms with E-state index in [0.717, 1.165) is 25.8 Å². The van der Waals surface area contributed by atoms with E-state index in [1.807, 2.05) is 0 Å². The van der Waals surface area contributed by atoms with Crippen LogP contribution < -0.4 is 5.32 Å². The van der Waals surface area contributed by atoms with Crippen molar-refractivity contribution in [2.75, 3.05) is 6.54 Å². The lowest BCUT2D eigenvalue weighted by Gasteiger charge is -2.06. The Balaban J connectivity index is 3.11. The van der Waals surface area contributed by atoms with Gasteiger partial charge < -0.3 is 5.32 Å². The number of carbonyl (C=O) groups excluding carboxylic acids is 1. The van der Waals surface area contributed by atoms with Crippen molar-refractivity contribution in [3.05, 3.63) is 0 Å². The van der Waals surface area contributed by atoms with E-state index in [4.69, 9.17) is 0 Å². The fourth-order valence-corrected chi connectivity index (χ4v) is 4.41. The molecule has 2 heteroatoms. The highest BCUT2D eigenvalue weighted by Gasteiger charge is 2.01. The van der Waals surface area contributed by atoms with Crippen LogP contribution in [0.1, 0.15) is 174 Å². The maximum Gasteiger partial charge on any atom is 0.219 e. The van der Waals surface area contributed by atoms with Gasteiger partial charge >= 0.3 is 0 Å². The summed E-state index contributed by atoms with van der Waals surface area (Å²) < 4.78 is 0. The summed E-state index contributed by atoms with van der Waals surface area (Å²) in [5, 5.41) is 3.10. The van der Waals surface area contributed by atoms with Crippen molar-refractivity contribution >= 4 is 5.91 Å². The maximum absolute atomic E-state index is 11.9. The van der Waals surface area contributed by atoms with E-state index in [-0.39, 0.29) is 5.91 Å². The van der Waals surface area contributed by atoms with Crippen LogP contribution in [0.2, 0.25) is 0 Å². The number of hydrogen-bond acceptors (Lipinski definition) is 1. The minimum absolute atomic E-state index is 0.270. The van der Waals surface area contributed by atoms with Gasteiger partial charge in [0.2, 0.25) is 5.91 Å². The molecule has 1 amide bonds. The third kappa shape index (κ3) is 27.4. The minimum Gasteiger partial charge on any atom is -0.356 e. The SMILES string of the molecule is CCCCCCCCCCCCCCCCCCCC(=O)NCCCCCCCCC. The molecule has 0 atom stereocenters. The number of amides is 1. The molecule has 0 rings (SSSR count). The molecule has 0 aliphatic rings. The van der Waals surface area contributed by atoms with Crippen molar-refractivity contribution in [1.29, 1.82) is 0 Å². The van der Waals surface area contributed by atoms with Crippen LogP contribution in [0.15, 0.2) is 0 Å². The van der Waals surface area contributed by atoms with Crippen molar-refractivity contribution < 1.29 is 4.79 Å². The standard InChI is InChI=1S/C29H59NO/c1-3-5-7-9-11-12-13-14-15-16-17-18-19-20-21-23-25-27-29(31)30-28-26-24-22-10-8-6-4-2/h3-28H2,1-2H3,(H,30,31). The highest BCUT2D eigenvalue weighted by atomic mass is 16.1. The van der Waals surface area contributed by atoms with Gasteiger partial charge in [-0.3, -0.25) is 4.79 Å². The van der Waals surface area contributed by atoms with Crippen molar-refractivity contribution in [1.82, 2.24) is 5.32 Å². The lowest BCUT2D eigenvalue weighted by Crippen LogP contribution is -2.23. The number of unbranched alkanes of at least 4 members (excludes halogenated alkanes) is 22. The number of rotatable bonds is 26. The average Bonchev–Trinajstić information content (AvgIpc) is 2.77. The zero-order valence-corrected chi connectivity index (χ0v) is 21.8. The summed E-state index contributed by atoms with van der Waals surface area (Å²) in [7, 11) is 0. The van der Waals surface area contributed by atoms with Crippen LogP contribution in [-0.2, 0) is 4.79 Å². The molecule has 0 aliphatic heterocycles. The molecule has 0 heterocycles. The molecule has 0 aromatic rings. The molecule has 31 heavy (non-hydrogen) atoms. The summed E-state index contributed by atoms with van der Waals surface area (Å²) >= 11 is 0. The summed E-state index contributed by atoms with van der Waals surface area (Å²) in [6, 6.07) is 0. The normalized spacial score (nSPS) is 11.2. The van der Waals surface area contributed by atoms with Crippen molar-refractivity contribution in [3.63, 3.8) is 0 Å². The molecule has 0 radical (unpaired) electrons. The first-order valence-corrected chi connectivity index (χ1v) is 14.6. The molecule has 0 aliphatic carbocycles. The predicted molar refractivity (Wildman–Crippen MR) is 140 cm³/mol. The molecule has 0 saturated carbocycles. The van der Waals surface area contributed by atoms with Gasteiger partial charge in [-0.15, -0.1) is 0 Å². The highest BCUT2D eigenvalue weighted by molar-refractivity contribution is 5.75. The van der Waals surface area contributed by atoms with E-state index in [2.05, 4.69) is 19.2 Å². The van der Waals surface area contributed by atoms with Crippen molar-refractivity contribution in [2.45, 2.75) is 174 Å². The van der Waals surface area contributed by atoms with E-state index in [1.54, 1.807) is 0 Å². The molecule has 0 aromatic heterocycles.